The lowest BCUT2D eigenvalue weighted by Gasteiger charge is -2.09. The van der Waals surface area contributed by atoms with Gasteiger partial charge in [-0.1, -0.05) is 17.7 Å². The van der Waals surface area contributed by atoms with E-state index in [0.717, 1.165) is 12.8 Å². The Hall–Kier alpha value is -0.580. The van der Waals surface area contributed by atoms with Crippen molar-refractivity contribution in [3.63, 3.8) is 0 Å². The summed E-state index contributed by atoms with van der Waals surface area (Å²) in [5, 5.41) is 0.514. The van der Waals surface area contributed by atoms with E-state index >= 15 is 0 Å². The third-order valence-corrected chi connectivity index (χ3v) is 3.89. The lowest BCUT2D eigenvalue weighted by Crippen LogP contribution is -2.05. The van der Waals surface area contributed by atoms with Crippen LogP contribution in [0.4, 0.5) is 0 Å². The number of benzene rings is 1. The topological polar surface area (TPSA) is 60.2 Å². The Balaban J connectivity index is 3.05. The van der Waals surface area contributed by atoms with Gasteiger partial charge in [-0.25, -0.2) is 8.42 Å². The van der Waals surface area contributed by atoms with Crippen LogP contribution in [0.3, 0.4) is 0 Å². The predicted molar refractivity (Wildman–Crippen MR) is 66.6 cm³/mol. The van der Waals surface area contributed by atoms with Gasteiger partial charge in [0, 0.05) is 11.3 Å². The van der Waals surface area contributed by atoms with E-state index in [1.807, 2.05) is 0 Å². The van der Waals surface area contributed by atoms with Gasteiger partial charge in [-0.05, 0) is 43.5 Å². The van der Waals surface area contributed by atoms with Gasteiger partial charge in [-0.2, -0.15) is 0 Å². The smallest absolute Gasteiger partial charge is 0.175 e. The second-order valence-corrected chi connectivity index (χ2v) is 6.13. The number of sulfone groups is 1. The Morgan fingerprint density at radius 3 is 2.56 bits per heavy atom. The number of rotatable bonds is 5. The molecule has 0 unspecified atom stereocenters. The maximum Gasteiger partial charge on any atom is 0.175 e. The van der Waals surface area contributed by atoms with Crippen LogP contribution in [-0.4, -0.2) is 21.2 Å². The maximum atomic E-state index is 11.6. The van der Waals surface area contributed by atoms with Crippen molar-refractivity contribution in [1.82, 2.24) is 0 Å². The summed E-state index contributed by atoms with van der Waals surface area (Å²) in [4.78, 5) is 0.331. The van der Waals surface area contributed by atoms with Gasteiger partial charge < -0.3 is 5.73 Å². The molecule has 1 rings (SSSR count). The van der Waals surface area contributed by atoms with Gasteiger partial charge in [0.05, 0.1) is 4.90 Å². The molecule has 90 valence electrons. The number of halogens is 1. The molecule has 5 heteroatoms. The highest BCUT2D eigenvalue weighted by Gasteiger charge is 2.15. The molecular weight excluding hydrogens is 246 g/mol. The average molecular weight is 262 g/mol. The maximum absolute atomic E-state index is 11.6. The number of nitrogens with two attached hydrogens (primary N) is 1. The van der Waals surface area contributed by atoms with E-state index in [1.54, 1.807) is 18.2 Å². The monoisotopic (exact) mass is 261 g/mol. The summed E-state index contributed by atoms with van der Waals surface area (Å²) in [6.07, 6.45) is 3.57. The summed E-state index contributed by atoms with van der Waals surface area (Å²) in [5.74, 6) is 0. The Kier molecular flexibility index (Phi) is 4.77. The zero-order valence-corrected chi connectivity index (χ0v) is 10.8. The fourth-order valence-corrected chi connectivity index (χ4v) is 2.89. The van der Waals surface area contributed by atoms with Gasteiger partial charge in [0.25, 0.3) is 0 Å². The van der Waals surface area contributed by atoms with Crippen molar-refractivity contribution >= 4 is 21.4 Å². The number of hydrogen-bond donors (Lipinski definition) is 1. The first-order valence-electron chi connectivity index (χ1n) is 5.14. The van der Waals surface area contributed by atoms with E-state index in [9.17, 15) is 8.42 Å². The Labute approximate surface area is 102 Å². The van der Waals surface area contributed by atoms with E-state index in [2.05, 4.69) is 0 Å². The number of unbranched alkanes of at least 4 members (excludes halogenated alkanes) is 1. The molecule has 0 heterocycles. The second-order valence-electron chi connectivity index (χ2n) is 3.73. The zero-order valence-electron chi connectivity index (χ0n) is 9.24. The summed E-state index contributed by atoms with van der Waals surface area (Å²) in [5.41, 5.74) is 6.11. The Morgan fingerprint density at radius 2 is 2.00 bits per heavy atom. The summed E-state index contributed by atoms with van der Waals surface area (Å²) >= 11 is 6.02. The van der Waals surface area contributed by atoms with Gasteiger partial charge in [-0.15, -0.1) is 0 Å². The molecule has 16 heavy (non-hydrogen) atoms. The lowest BCUT2D eigenvalue weighted by molar-refractivity contribution is 0.600. The molecule has 0 atom stereocenters. The van der Waals surface area contributed by atoms with Gasteiger partial charge in [-0.3, -0.25) is 0 Å². The fraction of sp³-hybridized carbons (Fsp3) is 0.455. The van der Waals surface area contributed by atoms with Crippen molar-refractivity contribution < 1.29 is 8.42 Å². The molecule has 0 aliphatic carbocycles. The highest BCUT2D eigenvalue weighted by atomic mass is 35.5. The first kappa shape index (κ1) is 13.5. The van der Waals surface area contributed by atoms with Crippen LogP contribution in [0.2, 0.25) is 5.02 Å². The molecule has 0 bridgehead atoms. The fourth-order valence-electron chi connectivity index (χ4n) is 1.57. The minimum absolute atomic E-state index is 0.331. The highest BCUT2D eigenvalue weighted by molar-refractivity contribution is 7.90. The first-order chi connectivity index (χ1) is 7.46. The molecule has 2 N–H and O–H groups in total. The van der Waals surface area contributed by atoms with Crippen molar-refractivity contribution in [1.29, 1.82) is 0 Å². The largest absolute Gasteiger partial charge is 0.330 e. The van der Waals surface area contributed by atoms with Crippen LogP contribution >= 0.6 is 11.6 Å². The van der Waals surface area contributed by atoms with Crippen LogP contribution in [0.25, 0.3) is 0 Å². The third kappa shape index (κ3) is 3.47. The van der Waals surface area contributed by atoms with Crippen molar-refractivity contribution in [2.45, 2.75) is 24.2 Å². The first-order valence-corrected chi connectivity index (χ1v) is 7.41. The minimum Gasteiger partial charge on any atom is -0.330 e. The van der Waals surface area contributed by atoms with E-state index in [1.165, 1.54) is 6.26 Å². The molecule has 0 aliphatic rings. The van der Waals surface area contributed by atoms with Crippen LogP contribution in [-0.2, 0) is 16.3 Å². The Bertz CT molecular complexity index is 457. The SMILES string of the molecule is CS(=O)(=O)c1cccc(Cl)c1CCCCN. The van der Waals surface area contributed by atoms with E-state index in [0.29, 0.717) is 28.4 Å². The third-order valence-electron chi connectivity index (χ3n) is 2.36. The van der Waals surface area contributed by atoms with Crippen LogP contribution < -0.4 is 5.73 Å². The molecule has 0 spiro atoms. The lowest BCUT2D eigenvalue weighted by atomic mass is 10.1. The molecule has 1 aromatic carbocycles. The van der Waals surface area contributed by atoms with Crippen molar-refractivity contribution in [2.75, 3.05) is 12.8 Å². The van der Waals surface area contributed by atoms with E-state index in [-0.39, 0.29) is 0 Å². The molecular formula is C11H16ClNO2S. The molecule has 0 saturated heterocycles. The van der Waals surface area contributed by atoms with E-state index in [4.69, 9.17) is 17.3 Å². The zero-order chi connectivity index (χ0) is 12.2. The van der Waals surface area contributed by atoms with Gasteiger partial charge in [0.2, 0.25) is 0 Å². The summed E-state index contributed by atoms with van der Waals surface area (Å²) in [6, 6.07) is 4.97. The second kappa shape index (κ2) is 5.66. The summed E-state index contributed by atoms with van der Waals surface area (Å²) < 4.78 is 23.1. The minimum atomic E-state index is -3.21. The van der Waals surface area contributed by atoms with E-state index < -0.39 is 9.84 Å². The average Bonchev–Trinajstić information content (AvgIpc) is 2.19. The van der Waals surface area contributed by atoms with Gasteiger partial charge in [0.15, 0.2) is 9.84 Å². The van der Waals surface area contributed by atoms with Crippen LogP contribution in [0.15, 0.2) is 23.1 Å². The number of hydrogen-bond acceptors (Lipinski definition) is 3. The summed E-state index contributed by atoms with van der Waals surface area (Å²) in [7, 11) is -3.21. The van der Waals surface area contributed by atoms with Crippen molar-refractivity contribution in [2.24, 2.45) is 5.73 Å². The van der Waals surface area contributed by atoms with Crippen molar-refractivity contribution in [3.05, 3.63) is 28.8 Å². The molecule has 0 fully saturated rings. The molecule has 1 aromatic rings. The predicted octanol–water partition coefficient (Wildman–Crippen LogP) is 2.02. The summed E-state index contributed by atoms with van der Waals surface area (Å²) in [6.45, 7) is 0.610. The highest BCUT2D eigenvalue weighted by Crippen LogP contribution is 2.25. The van der Waals surface area contributed by atoms with Gasteiger partial charge in [0.1, 0.15) is 0 Å². The van der Waals surface area contributed by atoms with Crippen LogP contribution in [0.5, 0.6) is 0 Å². The standard InChI is InChI=1S/C11H16ClNO2S/c1-16(14,15)11-7-4-6-10(12)9(11)5-2-3-8-13/h4,6-7H,2-3,5,8,13H2,1H3. The van der Waals surface area contributed by atoms with Gasteiger partial charge >= 0.3 is 0 Å². The molecule has 0 aliphatic heterocycles. The molecule has 3 nitrogen and oxygen atoms in total. The molecule has 0 aromatic heterocycles. The quantitative estimate of drug-likeness (QED) is 0.825. The van der Waals surface area contributed by atoms with Crippen molar-refractivity contribution in [3.8, 4) is 0 Å². The molecule has 0 amide bonds. The van der Waals surface area contributed by atoms with Crippen LogP contribution in [0.1, 0.15) is 18.4 Å². The Morgan fingerprint density at radius 1 is 1.31 bits per heavy atom. The van der Waals surface area contributed by atoms with Crippen LogP contribution in [0, 0.1) is 0 Å². The normalized spacial score (nSPS) is 11.7. The molecule has 0 saturated carbocycles. The molecule has 0 radical (unpaired) electrons.